The highest BCUT2D eigenvalue weighted by Gasteiger charge is 2.48. The molecule has 2 saturated heterocycles. The van der Waals surface area contributed by atoms with Gasteiger partial charge in [-0.3, -0.25) is 19.9 Å². The zero-order chi connectivity index (χ0) is 24.5. The molecule has 5 aliphatic rings. The number of carbonyl (C=O) groups excluding carboxylic acids is 2. The Labute approximate surface area is 210 Å². The van der Waals surface area contributed by atoms with E-state index < -0.39 is 0 Å². The molecule has 2 amide bonds. The molecular formula is C27H46N6O2. The van der Waals surface area contributed by atoms with Crippen LogP contribution in [0.4, 0.5) is 0 Å². The lowest BCUT2D eigenvalue weighted by molar-refractivity contribution is -0.128. The monoisotopic (exact) mass is 486 g/mol. The highest BCUT2D eigenvalue weighted by molar-refractivity contribution is 5.83. The first-order valence-corrected chi connectivity index (χ1v) is 14.3. The minimum atomic E-state index is -0.165. The van der Waals surface area contributed by atoms with Crippen LogP contribution in [0.15, 0.2) is 0 Å². The summed E-state index contributed by atoms with van der Waals surface area (Å²) in [5.74, 6) is 2.84. The van der Waals surface area contributed by atoms with Crippen LogP contribution in [-0.2, 0) is 9.59 Å². The summed E-state index contributed by atoms with van der Waals surface area (Å²) in [5, 5.41) is 15.1. The zero-order valence-electron chi connectivity index (χ0n) is 21.2. The minimum absolute atomic E-state index is 0.0117. The van der Waals surface area contributed by atoms with Gasteiger partial charge >= 0.3 is 0 Å². The summed E-state index contributed by atoms with van der Waals surface area (Å²) in [6.45, 7) is 3.07. The maximum absolute atomic E-state index is 13.8. The predicted molar refractivity (Wildman–Crippen MR) is 137 cm³/mol. The van der Waals surface area contributed by atoms with Gasteiger partial charge in [-0.05, 0) is 107 Å². The number of nitrogens with zero attached hydrogens (tertiary/aromatic N) is 1. The van der Waals surface area contributed by atoms with Crippen molar-refractivity contribution in [3.05, 3.63) is 0 Å². The Morgan fingerprint density at radius 2 is 1.69 bits per heavy atom. The van der Waals surface area contributed by atoms with Crippen LogP contribution >= 0.6 is 0 Å². The third-order valence-corrected chi connectivity index (χ3v) is 10.4. The molecular weight excluding hydrogens is 440 g/mol. The molecule has 5 fully saturated rings. The third kappa shape index (κ3) is 5.38. The fourth-order valence-corrected chi connectivity index (χ4v) is 8.34. The van der Waals surface area contributed by atoms with Crippen molar-refractivity contribution in [3.8, 4) is 0 Å². The largest absolute Gasteiger partial charge is 0.387 e. The van der Waals surface area contributed by atoms with Gasteiger partial charge in [0.15, 0.2) is 0 Å². The van der Waals surface area contributed by atoms with Crippen LogP contribution in [0.1, 0.15) is 77.0 Å². The number of nitrogens with one attached hydrogen (secondary N) is 3. The summed E-state index contributed by atoms with van der Waals surface area (Å²) in [5.41, 5.74) is 11.5. The van der Waals surface area contributed by atoms with Gasteiger partial charge in [0, 0.05) is 30.5 Å². The Morgan fingerprint density at radius 3 is 2.43 bits per heavy atom. The van der Waals surface area contributed by atoms with E-state index in [9.17, 15) is 9.59 Å². The van der Waals surface area contributed by atoms with Crippen LogP contribution in [0.5, 0.6) is 0 Å². The van der Waals surface area contributed by atoms with Crippen LogP contribution in [0.3, 0.4) is 0 Å². The maximum Gasteiger partial charge on any atom is 0.237 e. The summed E-state index contributed by atoms with van der Waals surface area (Å²) in [6.07, 6.45) is 12.4. The van der Waals surface area contributed by atoms with Crippen molar-refractivity contribution < 1.29 is 9.59 Å². The third-order valence-electron chi connectivity index (χ3n) is 10.4. The van der Waals surface area contributed by atoms with Gasteiger partial charge in [0.05, 0.1) is 11.9 Å². The molecule has 0 spiro atoms. The summed E-state index contributed by atoms with van der Waals surface area (Å²) >= 11 is 0. The zero-order valence-corrected chi connectivity index (χ0v) is 21.2. The molecule has 0 radical (unpaired) electrons. The number of fused-ring (bicyclic) bond motifs is 2. The van der Waals surface area contributed by atoms with Crippen LogP contribution in [0.2, 0.25) is 0 Å². The molecule has 3 aliphatic carbocycles. The van der Waals surface area contributed by atoms with Crippen molar-refractivity contribution in [1.29, 1.82) is 5.41 Å². The number of amidine groups is 1. The van der Waals surface area contributed by atoms with E-state index in [1.165, 1.54) is 19.3 Å². The standard InChI is InChI=1S/C27H46N6O2/c28-25(29)19-9-8-18-12-24(27(35)32-22-3-1-2-20-14-31-11-10-21(20)22)33(23(18)13-19)15-16-4-6-17(7-5-16)26(30)34/h16-24,31H,1-15H2,(H3,28,29)(H2,30,34)(H,32,35). The summed E-state index contributed by atoms with van der Waals surface area (Å²) in [7, 11) is 0. The molecule has 0 aromatic heterocycles. The molecule has 7 unspecified atom stereocenters. The number of carbonyl (C=O) groups is 2. The van der Waals surface area contributed by atoms with Gasteiger partial charge in [0.1, 0.15) is 0 Å². The second-order valence-corrected chi connectivity index (χ2v) is 12.3. The lowest BCUT2D eigenvalue weighted by Gasteiger charge is -2.43. The molecule has 8 nitrogen and oxygen atoms in total. The van der Waals surface area contributed by atoms with Crippen molar-refractivity contribution in [2.24, 2.45) is 47.0 Å². The van der Waals surface area contributed by atoms with Crippen molar-refractivity contribution in [3.63, 3.8) is 0 Å². The molecule has 0 aromatic rings. The van der Waals surface area contributed by atoms with Crippen LogP contribution in [-0.4, -0.2) is 60.3 Å². The molecule has 0 bridgehead atoms. The second kappa shape index (κ2) is 10.8. The Hall–Kier alpha value is -1.67. The van der Waals surface area contributed by atoms with E-state index in [0.29, 0.717) is 41.6 Å². The Kier molecular flexibility index (Phi) is 7.68. The topological polar surface area (TPSA) is 137 Å². The molecule has 3 saturated carbocycles. The summed E-state index contributed by atoms with van der Waals surface area (Å²) in [4.78, 5) is 28.0. The van der Waals surface area contributed by atoms with E-state index in [0.717, 1.165) is 77.4 Å². The Morgan fingerprint density at radius 1 is 0.914 bits per heavy atom. The van der Waals surface area contributed by atoms with E-state index in [-0.39, 0.29) is 29.7 Å². The van der Waals surface area contributed by atoms with E-state index in [4.69, 9.17) is 16.9 Å². The van der Waals surface area contributed by atoms with E-state index in [2.05, 4.69) is 15.5 Å². The number of amides is 2. The molecule has 196 valence electrons. The number of rotatable bonds is 6. The smallest absolute Gasteiger partial charge is 0.237 e. The van der Waals surface area contributed by atoms with E-state index in [1.807, 2.05) is 0 Å². The van der Waals surface area contributed by atoms with Crippen molar-refractivity contribution in [1.82, 2.24) is 15.5 Å². The van der Waals surface area contributed by atoms with E-state index >= 15 is 0 Å². The SMILES string of the molecule is N=C(N)C1CCC2CC(C(=O)NC3CCCC4CNCCC43)N(CC3CCC(C(N)=O)CC3)C2C1. The quantitative estimate of drug-likeness (QED) is 0.289. The fraction of sp³-hybridized carbons (Fsp3) is 0.889. The molecule has 7 atom stereocenters. The van der Waals surface area contributed by atoms with Gasteiger partial charge < -0.3 is 22.1 Å². The van der Waals surface area contributed by atoms with Crippen LogP contribution < -0.4 is 22.1 Å². The lowest BCUT2D eigenvalue weighted by Crippen LogP contribution is -2.55. The maximum atomic E-state index is 13.8. The highest BCUT2D eigenvalue weighted by Crippen LogP contribution is 2.44. The normalized spacial score (nSPS) is 42.0. The Balaban J connectivity index is 1.28. The number of primary amides is 1. The molecule has 8 heteroatoms. The molecule has 5 rings (SSSR count). The van der Waals surface area contributed by atoms with Gasteiger partial charge in [0.25, 0.3) is 0 Å². The minimum Gasteiger partial charge on any atom is -0.387 e. The van der Waals surface area contributed by atoms with Crippen molar-refractivity contribution in [2.75, 3.05) is 19.6 Å². The highest BCUT2D eigenvalue weighted by atomic mass is 16.2. The van der Waals surface area contributed by atoms with E-state index in [1.54, 1.807) is 0 Å². The number of likely N-dealkylation sites (tertiary alicyclic amines) is 1. The van der Waals surface area contributed by atoms with Gasteiger partial charge in [-0.25, -0.2) is 0 Å². The molecule has 0 aromatic carbocycles. The molecule has 2 heterocycles. The lowest BCUT2D eigenvalue weighted by atomic mass is 9.72. The molecule has 35 heavy (non-hydrogen) atoms. The summed E-state index contributed by atoms with van der Waals surface area (Å²) in [6, 6.07) is 0.565. The Bertz CT molecular complexity index is 795. The van der Waals surface area contributed by atoms with Crippen molar-refractivity contribution in [2.45, 2.75) is 95.2 Å². The number of piperidine rings is 1. The average Bonchev–Trinajstić information content (AvgIpc) is 3.22. The van der Waals surface area contributed by atoms with Gasteiger partial charge in [-0.1, -0.05) is 6.42 Å². The number of hydrogen-bond acceptors (Lipinski definition) is 5. The average molecular weight is 487 g/mol. The molecule has 7 N–H and O–H groups in total. The van der Waals surface area contributed by atoms with Gasteiger partial charge in [-0.2, -0.15) is 0 Å². The van der Waals surface area contributed by atoms with Gasteiger partial charge in [-0.15, -0.1) is 0 Å². The van der Waals surface area contributed by atoms with Crippen molar-refractivity contribution >= 4 is 17.6 Å². The van der Waals surface area contributed by atoms with Crippen LogP contribution in [0, 0.1) is 40.9 Å². The van der Waals surface area contributed by atoms with Gasteiger partial charge in [0.2, 0.25) is 11.8 Å². The molecule has 2 aliphatic heterocycles. The second-order valence-electron chi connectivity index (χ2n) is 12.3. The predicted octanol–water partition coefficient (Wildman–Crippen LogP) is 1.97. The van der Waals surface area contributed by atoms with Crippen LogP contribution in [0.25, 0.3) is 0 Å². The first-order chi connectivity index (χ1) is 16.9. The first-order valence-electron chi connectivity index (χ1n) is 14.3. The number of hydrogen-bond donors (Lipinski definition) is 5. The number of nitrogens with two attached hydrogens (primary N) is 2. The fourth-order valence-electron chi connectivity index (χ4n) is 8.34. The summed E-state index contributed by atoms with van der Waals surface area (Å²) < 4.78 is 0. The first kappa shape index (κ1) is 25.0.